The Kier molecular flexibility index (Phi) is 18.0. The van der Waals surface area contributed by atoms with Crippen molar-refractivity contribution in [3.05, 3.63) is 72.8 Å². The number of hydrogen-bond donors (Lipinski definition) is 2. The lowest BCUT2D eigenvalue weighted by Gasteiger charge is -2.22. The van der Waals surface area contributed by atoms with Gasteiger partial charge in [0.1, 0.15) is 47.1 Å². The molecule has 2 fully saturated rings. The molecule has 2 aromatic rings. The zero-order chi connectivity index (χ0) is 38.7. The number of ether oxygens (including phenoxy) is 6. The fourth-order valence-corrected chi connectivity index (χ4v) is 9.72. The van der Waals surface area contributed by atoms with E-state index in [0.29, 0.717) is 23.7 Å². The molecule has 2 aromatic carbocycles. The molecule has 0 bridgehead atoms. The SMILES string of the molecule is O=C(O)C=CC(=O)OC(COC(=O)C1SCCCS1)COc1ccc(-c2ccc(OCC(COC(=O)C3SCCCS3)OC(=O)C=CC(=O)O)cc2)cc1. The van der Waals surface area contributed by atoms with Gasteiger partial charge in [0.05, 0.1) is 0 Å². The smallest absolute Gasteiger partial charge is 0.331 e. The van der Waals surface area contributed by atoms with Gasteiger partial charge in [-0.15, -0.1) is 47.0 Å². The Balaban J connectivity index is 1.31. The Morgan fingerprint density at radius 2 is 0.907 bits per heavy atom. The molecule has 0 aromatic heterocycles. The van der Waals surface area contributed by atoms with Crippen LogP contribution in [0.15, 0.2) is 72.8 Å². The van der Waals surface area contributed by atoms with Crippen LogP contribution >= 0.6 is 47.0 Å². The van der Waals surface area contributed by atoms with Crippen molar-refractivity contribution in [3.8, 4) is 22.6 Å². The van der Waals surface area contributed by atoms with Gasteiger partial charge in [0.2, 0.25) is 0 Å². The normalized spacial score (nSPS) is 16.2. The molecule has 2 aliphatic rings. The van der Waals surface area contributed by atoms with Crippen LogP contribution in [0, 0.1) is 0 Å². The molecular formula is C36H38O14S4. The standard InChI is InChI=1S/C36H38O14S4/c37-29(38)11-13-31(41)49-27(21-47-33(43)35-51-15-1-16-52-35)19-45-25-7-3-23(4-8-25)24-5-9-26(10-6-24)46-20-28(50-32(42)14-12-30(39)40)22-48-34(44)36-53-17-2-18-54-36/h3-14,27-28,35-36H,1-2,15-22H2,(H,37,38)(H,39,40). The largest absolute Gasteiger partial charge is 0.490 e. The van der Waals surface area contributed by atoms with Gasteiger partial charge >= 0.3 is 35.8 Å². The summed E-state index contributed by atoms with van der Waals surface area (Å²) in [6.45, 7) is -0.880. The second-order valence-electron chi connectivity index (χ2n) is 11.2. The Hall–Kier alpha value is -4.26. The monoisotopic (exact) mass is 822 g/mol. The summed E-state index contributed by atoms with van der Waals surface area (Å²) in [4.78, 5) is 71.0. The van der Waals surface area contributed by atoms with Crippen molar-refractivity contribution in [3.63, 3.8) is 0 Å². The van der Waals surface area contributed by atoms with E-state index in [1.165, 1.54) is 47.0 Å². The lowest BCUT2D eigenvalue weighted by molar-refractivity contribution is -0.156. The summed E-state index contributed by atoms with van der Waals surface area (Å²) in [6, 6.07) is 14.0. The summed E-state index contributed by atoms with van der Waals surface area (Å²) in [7, 11) is 0. The number of hydrogen-bond acceptors (Lipinski definition) is 16. The van der Waals surface area contributed by atoms with Crippen LogP contribution in [0.25, 0.3) is 11.1 Å². The molecule has 14 nitrogen and oxygen atoms in total. The van der Waals surface area contributed by atoms with Crippen LogP contribution in [-0.4, -0.2) is 117 Å². The maximum Gasteiger partial charge on any atom is 0.331 e. The highest BCUT2D eigenvalue weighted by atomic mass is 32.2. The zero-order valence-electron chi connectivity index (χ0n) is 28.7. The van der Waals surface area contributed by atoms with Crippen molar-refractivity contribution in [2.75, 3.05) is 49.4 Å². The number of carbonyl (C=O) groups is 6. The van der Waals surface area contributed by atoms with Crippen LogP contribution in [-0.2, 0) is 47.7 Å². The maximum absolute atomic E-state index is 12.5. The van der Waals surface area contributed by atoms with Gasteiger partial charge in [0.25, 0.3) is 0 Å². The Bertz CT molecular complexity index is 1510. The third kappa shape index (κ3) is 15.6. The maximum atomic E-state index is 12.5. The van der Waals surface area contributed by atoms with Gasteiger partial charge in [0, 0.05) is 24.3 Å². The van der Waals surface area contributed by atoms with Gasteiger partial charge in [-0.25, -0.2) is 28.8 Å². The number of aliphatic carboxylic acids is 2. The Morgan fingerprint density at radius 3 is 1.24 bits per heavy atom. The van der Waals surface area contributed by atoms with Crippen molar-refractivity contribution in [2.24, 2.45) is 0 Å². The van der Waals surface area contributed by atoms with E-state index in [0.717, 1.165) is 59.1 Å². The molecule has 290 valence electrons. The van der Waals surface area contributed by atoms with Gasteiger partial charge < -0.3 is 38.6 Å². The molecule has 2 aliphatic heterocycles. The molecule has 54 heavy (non-hydrogen) atoms. The van der Waals surface area contributed by atoms with Crippen LogP contribution in [0.5, 0.6) is 11.5 Å². The van der Waals surface area contributed by atoms with Crippen molar-refractivity contribution < 1.29 is 67.4 Å². The molecular weight excluding hydrogens is 785 g/mol. The molecule has 2 unspecified atom stereocenters. The number of rotatable bonds is 19. The molecule has 4 rings (SSSR count). The van der Waals surface area contributed by atoms with Crippen LogP contribution in [0.2, 0.25) is 0 Å². The summed E-state index contributed by atoms with van der Waals surface area (Å²) >= 11 is 5.96. The van der Waals surface area contributed by atoms with E-state index in [-0.39, 0.29) is 35.6 Å². The fraction of sp³-hybridized carbons (Fsp3) is 0.389. The molecule has 0 radical (unpaired) electrons. The van der Waals surface area contributed by atoms with E-state index in [9.17, 15) is 28.8 Å². The molecule has 2 atom stereocenters. The average Bonchev–Trinajstić information content (AvgIpc) is 3.19. The highest BCUT2D eigenvalue weighted by Crippen LogP contribution is 2.32. The Morgan fingerprint density at radius 1 is 0.556 bits per heavy atom. The first-order chi connectivity index (χ1) is 26.0. The summed E-state index contributed by atoms with van der Waals surface area (Å²) in [5, 5.41) is 17.6. The number of carbonyl (C=O) groups excluding carboxylic acids is 4. The summed E-state index contributed by atoms with van der Waals surface area (Å²) in [5.41, 5.74) is 1.66. The zero-order valence-corrected chi connectivity index (χ0v) is 32.0. The first-order valence-electron chi connectivity index (χ1n) is 16.5. The lowest BCUT2D eigenvalue weighted by atomic mass is 10.1. The van der Waals surface area contributed by atoms with Gasteiger partial charge in [-0.2, -0.15) is 0 Å². The van der Waals surface area contributed by atoms with Crippen LogP contribution in [0.4, 0.5) is 0 Å². The molecule has 2 heterocycles. The molecule has 0 saturated carbocycles. The minimum atomic E-state index is -1.32. The van der Waals surface area contributed by atoms with E-state index in [2.05, 4.69) is 0 Å². The fourth-order valence-electron chi connectivity index (χ4n) is 4.52. The highest BCUT2D eigenvalue weighted by Gasteiger charge is 2.27. The summed E-state index contributed by atoms with van der Waals surface area (Å²) in [5.74, 6) is -1.10. The second-order valence-corrected chi connectivity index (χ2v) is 16.7. The second kappa shape index (κ2) is 22.8. The number of carboxylic acids is 2. The molecule has 2 saturated heterocycles. The molecule has 2 N–H and O–H groups in total. The molecule has 0 spiro atoms. The average molecular weight is 823 g/mol. The number of thioether (sulfide) groups is 4. The minimum Gasteiger partial charge on any atom is -0.490 e. The first kappa shape index (κ1) is 42.5. The summed E-state index contributed by atoms with van der Waals surface area (Å²) in [6.07, 6.45) is 2.81. The van der Waals surface area contributed by atoms with Crippen LogP contribution in [0.3, 0.4) is 0 Å². The van der Waals surface area contributed by atoms with E-state index in [1.807, 2.05) is 0 Å². The topological polar surface area (TPSA) is 198 Å². The van der Waals surface area contributed by atoms with Crippen LogP contribution < -0.4 is 9.47 Å². The predicted molar refractivity (Wildman–Crippen MR) is 205 cm³/mol. The Labute approximate surface area is 328 Å². The van der Waals surface area contributed by atoms with Crippen molar-refractivity contribution >= 4 is 82.9 Å². The van der Waals surface area contributed by atoms with Crippen molar-refractivity contribution in [1.82, 2.24) is 0 Å². The number of benzene rings is 2. The minimum absolute atomic E-state index is 0.167. The number of carboxylic acid groups (broad SMARTS) is 2. The first-order valence-corrected chi connectivity index (χ1v) is 20.7. The summed E-state index contributed by atoms with van der Waals surface area (Å²) < 4.78 is 32.3. The third-order valence-electron chi connectivity index (χ3n) is 7.07. The van der Waals surface area contributed by atoms with Gasteiger partial charge in [-0.3, -0.25) is 0 Å². The quantitative estimate of drug-likeness (QED) is 0.112. The predicted octanol–water partition coefficient (Wildman–Crippen LogP) is 4.70. The number of esters is 4. The van der Waals surface area contributed by atoms with E-state index in [1.54, 1.807) is 48.5 Å². The third-order valence-corrected chi connectivity index (χ3v) is 12.8. The molecule has 0 aliphatic carbocycles. The van der Waals surface area contributed by atoms with E-state index < -0.39 is 48.0 Å². The van der Waals surface area contributed by atoms with Gasteiger partial charge in [0.15, 0.2) is 12.2 Å². The van der Waals surface area contributed by atoms with Crippen LogP contribution in [0.1, 0.15) is 12.8 Å². The molecule has 0 amide bonds. The van der Waals surface area contributed by atoms with Crippen molar-refractivity contribution in [2.45, 2.75) is 34.2 Å². The molecule has 18 heteroatoms. The highest BCUT2D eigenvalue weighted by molar-refractivity contribution is 8.19. The lowest BCUT2D eigenvalue weighted by Crippen LogP contribution is -2.32. The van der Waals surface area contributed by atoms with Gasteiger partial charge in [-0.05, 0) is 71.2 Å². The van der Waals surface area contributed by atoms with Crippen molar-refractivity contribution in [1.29, 1.82) is 0 Å². The van der Waals surface area contributed by atoms with E-state index in [4.69, 9.17) is 38.6 Å². The van der Waals surface area contributed by atoms with E-state index >= 15 is 0 Å². The van der Waals surface area contributed by atoms with Gasteiger partial charge in [-0.1, -0.05) is 24.3 Å².